The molecule has 1 aromatic rings. The van der Waals surface area contributed by atoms with Gasteiger partial charge in [-0.15, -0.1) is 0 Å². The van der Waals surface area contributed by atoms with Crippen molar-refractivity contribution in [2.75, 3.05) is 43.3 Å². The van der Waals surface area contributed by atoms with Crippen molar-refractivity contribution in [2.45, 2.75) is 0 Å². The standard InChI is InChI=1S/C12H17FN2O2S/c1-15(4-5-18-3)11-6-8(12(16)17-2)10(14)7-9(11)13/h6-7H,4-5,14H2,1-3H3. The number of rotatable bonds is 5. The lowest BCUT2D eigenvalue weighted by molar-refractivity contribution is 0.0602. The minimum Gasteiger partial charge on any atom is -0.465 e. The number of carbonyl (C=O) groups is 1. The van der Waals surface area contributed by atoms with Crippen molar-refractivity contribution in [3.8, 4) is 0 Å². The average molecular weight is 272 g/mol. The van der Waals surface area contributed by atoms with Crippen LogP contribution in [0.25, 0.3) is 0 Å². The minimum atomic E-state index is -0.563. The van der Waals surface area contributed by atoms with Crippen molar-refractivity contribution in [2.24, 2.45) is 0 Å². The second kappa shape index (κ2) is 6.49. The maximum Gasteiger partial charge on any atom is 0.340 e. The number of ether oxygens (including phenoxy) is 1. The molecule has 0 unspecified atom stereocenters. The molecule has 0 heterocycles. The van der Waals surface area contributed by atoms with Crippen LogP contribution in [-0.4, -0.2) is 38.7 Å². The molecule has 0 bridgehead atoms. The Balaban J connectivity index is 3.08. The normalized spacial score (nSPS) is 10.2. The first-order valence-electron chi connectivity index (χ1n) is 5.38. The van der Waals surface area contributed by atoms with Crippen LogP contribution in [0, 0.1) is 5.82 Å². The molecule has 1 aromatic carbocycles. The van der Waals surface area contributed by atoms with Crippen molar-refractivity contribution in [1.82, 2.24) is 0 Å². The summed E-state index contributed by atoms with van der Waals surface area (Å²) in [6.07, 6.45) is 1.98. The van der Waals surface area contributed by atoms with Crippen LogP contribution in [-0.2, 0) is 4.74 Å². The number of nitrogens with zero attached hydrogens (tertiary/aromatic N) is 1. The van der Waals surface area contributed by atoms with Gasteiger partial charge in [-0.2, -0.15) is 11.8 Å². The first-order valence-corrected chi connectivity index (χ1v) is 6.78. The largest absolute Gasteiger partial charge is 0.465 e. The molecule has 100 valence electrons. The predicted molar refractivity (Wildman–Crippen MR) is 73.8 cm³/mol. The van der Waals surface area contributed by atoms with Crippen LogP contribution in [0.4, 0.5) is 15.8 Å². The van der Waals surface area contributed by atoms with Crippen molar-refractivity contribution in [3.63, 3.8) is 0 Å². The molecule has 18 heavy (non-hydrogen) atoms. The second-order valence-corrected chi connectivity index (χ2v) is 4.78. The topological polar surface area (TPSA) is 55.6 Å². The van der Waals surface area contributed by atoms with Crippen molar-refractivity contribution in [3.05, 3.63) is 23.5 Å². The summed E-state index contributed by atoms with van der Waals surface area (Å²) in [5.74, 6) is -0.135. The summed E-state index contributed by atoms with van der Waals surface area (Å²) in [6.45, 7) is 0.683. The molecule has 0 spiro atoms. The van der Waals surface area contributed by atoms with Crippen LogP contribution >= 0.6 is 11.8 Å². The number of nitrogens with two attached hydrogens (primary N) is 1. The van der Waals surface area contributed by atoms with Crippen LogP contribution in [0.1, 0.15) is 10.4 Å². The molecule has 2 N–H and O–H groups in total. The van der Waals surface area contributed by atoms with Crippen LogP contribution < -0.4 is 10.6 Å². The third-order valence-corrected chi connectivity index (χ3v) is 3.16. The molecule has 0 fully saturated rings. The number of anilines is 2. The summed E-state index contributed by atoms with van der Waals surface area (Å²) in [4.78, 5) is 13.2. The summed E-state index contributed by atoms with van der Waals surface area (Å²) < 4.78 is 18.4. The molecule has 0 aliphatic heterocycles. The van der Waals surface area contributed by atoms with Gasteiger partial charge in [-0.25, -0.2) is 9.18 Å². The highest BCUT2D eigenvalue weighted by atomic mass is 32.2. The number of hydrogen-bond donors (Lipinski definition) is 1. The number of benzene rings is 1. The fraction of sp³-hybridized carbons (Fsp3) is 0.417. The lowest BCUT2D eigenvalue weighted by atomic mass is 10.1. The van der Waals surface area contributed by atoms with Crippen LogP contribution in [0.2, 0.25) is 0 Å². The van der Waals surface area contributed by atoms with Crippen molar-refractivity contribution < 1.29 is 13.9 Å². The maximum atomic E-state index is 13.8. The molecule has 0 atom stereocenters. The van der Waals surface area contributed by atoms with E-state index in [0.717, 1.165) is 11.8 Å². The number of carbonyl (C=O) groups excluding carboxylic acids is 1. The Labute approximate surface area is 110 Å². The Hall–Kier alpha value is -1.43. The van der Waals surface area contributed by atoms with E-state index in [2.05, 4.69) is 4.74 Å². The minimum absolute atomic E-state index is 0.0846. The van der Waals surface area contributed by atoms with E-state index < -0.39 is 11.8 Å². The van der Waals surface area contributed by atoms with E-state index in [0.29, 0.717) is 12.2 Å². The van der Waals surface area contributed by atoms with E-state index >= 15 is 0 Å². The predicted octanol–water partition coefficient (Wildman–Crippen LogP) is 1.99. The lowest BCUT2D eigenvalue weighted by Crippen LogP contribution is -2.22. The zero-order valence-electron chi connectivity index (χ0n) is 10.7. The Morgan fingerprint density at radius 1 is 1.56 bits per heavy atom. The smallest absolute Gasteiger partial charge is 0.340 e. The Morgan fingerprint density at radius 2 is 2.22 bits per heavy atom. The first kappa shape index (κ1) is 14.6. The summed E-state index contributed by atoms with van der Waals surface area (Å²) in [5.41, 5.74) is 6.22. The van der Waals surface area contributed by atoms with Crippen molar-refractivity contribution >= 4 is 29.1 Å². The number of hydrogen-bond acceptors (Lipinski definition) is 5. The second-order valence-electron chi connectivity index (χ2n) is 3.80. The maximum absolute atomic E-state index is 13.8. The zero-order chi connectivity index (χ0) is 13.7. The van der Waals surface area contributed by atoms with E-state index in [-0.39, 0.29) is 11.3 Å². The molecule has 1 rings (SSSR count). The fourth-order valence-corrected chi connectivity index (χ4v) is 1.96. The summed E-state index contributed by atoms with van der Waals surface area (Å²) in [7, 11) is 3.04. The summed E-state index contributed by atoms with van der Waals surface area (Å²) in [5, 5.41) is 0. The van der Waals surface area contributed by atoms with E-state index in [1.54, 1.807) is 23.7 Å². The lowest BCUT2D eigenvalue weighted by Gasteiger charge is -2.20. The molecule has 0 aliphatic carbocycles. The Morgan fingerprint density at radius 3 is 2.78 bits per heavy atom. The van der Waals surface area contributed by atoms with Gasteiger partial charge in [0.15, 0.2) is 0 Å². The number of methoxy groups -OCH3 is 1. The van der Waals surface area contributed by atoms with E-state index in [9.17, 15) is 9.18 Å². The van der Waals surface area contributed by atoms with Gasteiger partial charge in [-0.1, -0.05) is 0 Å². The molecule has 0 aromatic heterocycles. The molecule has 0 radical (unpaired) electrons. The van der Waals surface area contributed by atoms with Gasteiger partial charge in [0.2, 0.25) is 0 Å². The quantitative estimate of drug-likeness (QED) is 0.656. The van der Waals surface area contributed by atoms with Crippen LogP contribution in [0.5, 0.6) is 0 Å². The van der Waals surface area contributed by atoms with E-state index in [1.165, 1.54) is 13.2 Å². The molecule has 4 nitrogen and oxygen atoms in total. The Kier molecular flexibility index (Phi) is 5.27. The number of thioether (sulfide) groups is 1. The monoisotopic (exact) mass is 272 g/mol. The van der Waals surface area contributed by atoms with E-state index in [4.69, 9.17) is 5.73 Å². The third-order valence-electron chi connectivity index (χ3n) is 2.57. The SMILES string of the molecule is COC(=O)c1cc(N(C)CCSC)c(F)cc1N. The van der Waals surface area contributed by atoms with Gasteiger partial charge < -0.3 is 15.4 Å². The highest BCUT2D eigenvalue weighted by Gasteiger charge is 2.16. The van der Waals surface area contributed by atoms with Crippen molar-refractivity contribution in [1.29, 1.82) is 0 Å². The van der Waals surface area contributed by atoms with Crippen LogP contribution in [0.15, 0.2) is 12.1 Å². The Bertz CT molecular complexity index is 440. The average Bonchev–Trinajstić information content (AvgIpc) is 2.35. The number of esters is 1. The first-order chi connectivity index (χ1) is 8.51. The zero-order valence-corrected chi connectivity index (χ0v) is 11.5. The summed E-state index contributed by atoms with van der Waals surface area (Å²) in [6, 6.07) is 2.58. The van der Waals surface area contributed by atoms with Gasteiger partial charge in [0.1, 0.15) is 5.82 Å². The number of halogens is 1. The number of nitrogen functional groups attached to an aromatic ring is 1. The third kappa shape index (κ3) is 3.29. The van der Waals surface area contributed by atoms with Gasteiger partial charge in [0.25, 0.3) is 0 Å². The molecule has 0 amide bonds. The van der Waals surface area contributed by atoms with Gasteiger partial charge in [-0.05, 0) is 18.4 Å². The fourth-order valence-electron chi connectivity index (χ4n) is 1.51. The van der Waals surface area contributed by atoms with Gasteiger partial charge in [-0.3, -0.25) is 0 Å². The van der Waals surface area contributed by atoms with Gasteiger partial charge in [0.05, 0.1) is 18.4 Å². The highest BCUT2D eigenvalue weighted by Crippen LogP contribution is 2.25. The van der Waals surface area contributed by atoms with E-state index in [1.807, 2.05) is 6.26 Å². The van der Waals surface area contributed by atoms with Gasteiger partial charge in [0, 0.05) is 25.0 Å². The van der Waals surface area contributed by atoms with Gasteiger partial charge >= 0.3 is 5.97 Å². The highest BCUT2D eigenvalue weighted by molar-refractivity contribution is 7.98. The molecular formula is C12H17FN2O2S. The molecule has 0 saturated carbocycles. The summed E-state index contributed by atoms with van der Waals surface area (Å²) >= 11 is 1.67. The molecule has 0 saturated heterocycles. The molecule has 0 aliphatic rings. The molecular weight excluding hydrogens is 255 g/mol. The molecule has 6 heteroatoms. The van der Waals surface area contributed by atoms with Crippen LogP contribution in [0.3, 0.4) is 0 Å².